The highest BCUT2D eigenvalue weighted by atomic mass is 32.2. The van der Waals surface area contributed by atoms with Crippen LogP contribution in [0.25, 0.3) is 0 Å². The predicted molar refractivity (Wildman–Crippen MR) is 109 cm³/mol. The number of carbonyl (C=O) groups is 1. The molecular weight excluding hydrogens is 433 g/mol. The van der Waals surface area contributed by atoms with E-state index in [0.29, 0.717) is 23.4 Å². The average molecular weight is 450 g/mol. The molecule has 1 amide bonds. The predicted octanol–water partition coefficient (Wildman–Crippen LogP) is 4.47. The minimum Gasteiger partial charge on any atom is -0.497 e. The molecule has 0 saturated heterocycles. The first-order chi connectivity index (χ1) is 14.6. The van der Waals surface area contributed by atoms with Crippen LogP contribution < -0.4 is 14.8 Å². The van der Waals surface area contributed by atoms with Gasteiger partial charge in [0.1, 0.15) is 11.6 Å². The Morgan fingerprint density at radius 2 is 1.55 bits per heavy atom. The first-order valence-electron chi connectivity index (χ1n) is 8.84. The Morgan fingerprint density at radius 3 is 2.19 bits per heavy atom. The largest absolute Gasteiger partial charge is 0.497 e. The molecule has 162 valence electrons. The Labute approximate surface area is 176 Å². The van der Waals surface area contributed by atoms with Crippen molar-refractivity contribution in [3.05, 3.63) is 83.2 Å². The van der Waals surface area contributed by atoms with E-state index in [2.05, 4.69) is 10.0 Å². The molecule has 0 aliphatic carbocycles. The normalized spacial score (nSPS) is 11.1. The first-order valence-corrected chi connectivity index (χ1v) is 10.3. The van der Waals surface area contributed by atoms with Gasteiger partial charge in [-0.3, -0.25) is 9.52 Å². The van der Waals surface area contributed by atoms with E-state index in [0.717, 1.165) is 6.07 Å². The molecule has 0 fully saturated rings. The van der Waals surface area contributed by atoms with Crippen LogP contribution in [0, 0.1) is 24.4 Å². The summed E-state index contributed by atoms with van der Waals surface area (Å²) >= 11 is 0. The maximum Gasteiger partial charge on any atom is 0.261 e. The zero-order valence-electron chi connectivity index (χ0n) is 16.4. The number of rotatable bonds is 6. The van der Waals surface area contributed by atoms with Gasteiger partial charge in [-0.15, -0.1) is 0 Å². The van der Waals surface area contributed by atoms with Crippen LogP contribution in [0.3, 0.4) is 0 Å². The van der Waals surface area contributed by atoms with Crippen LogP contribution in [0.15, 0.2) is 59.5 Å². The molecule has 3 aromatic carbocycles. The van der Waals surface area contributed by atoms with Crippen LogP contribution in [0.4, 0.5) is 24.5 Å². The van der Waals surface area contributed by atoms with E-state index < -0.39 is 39.1 Å². The minimum absolute atomic E-state index is 0.0817. The van der Waals surface area contributed by atoms with Crippen molar-refractivity contribution in [2.45, 2.75) is 11.8 Å². The Morgan fingerprint density at radius 1 is 0.903 bits per heavy atom. The molecule has 6 nitrogen and oxygen atoms in total. The van der Waals surface area contributed by atoms with E-state index in [4.69, 9.17) is 4.74 Å². The van der Waals surface area contributed by atoms with Gasteiger partial charge in [-0.05, 0) is 48.9 Å². The van der Waals surface area contributed by atoms with Gasteiger partial charge >= 0.3 is 0 Å². The lowest BCUT2D eigenvalue weighted by molar-refractivity contribution is 0.102. The third-order valence-electron chi connectivity index (χ3n) is 4.36. The van der Waals surface area contributed by atoms with Crippen LogP contribution in [-0.2, 0) is 10.0 Å². The molecule has 0 radical (unpaired) electrons. The first kappa shape index (κ1) is 22.2. The van der Waals surface area contributed by atoms with Gasteiger partial charge in [0.2, 0.25) is 0 Å². The second-order valence-electron chi connectivity index (χ2n) is 6.51. The lowest BCUT2D eigenvalue weighted by Crippen LogP contribution is -2.17. The number of carbonyl (C=O) groups excluding carboxylic acids is 1. The Bertz CT molecular complexity index is 1250. The Balaban J connectivity index is 1.88. The van der Waals surface area contributed by atoms with Crippen molar-refractivity contribution in [3.8, 4) is 5.75 Å². The van der Waals surface area contributed by atoms with E-state index in [1.165, 1.54) is 31.4 Å². The van der Waals surface area contributed by atoms with Crippen molar-refractivity contribution >= 4 is 27.3 Å². The zero-order chi connectivity index (χ0) is 22.8. The maximum atomic E-state index is 13.8. The lowest BCUT2D eigenvalue weighted by atomic mass is 10.1. The van der Waals surface area contributed by atoms with Crippen molar-refractivity contribution in [1.29, 1.82) is 0 Å². The molecule has 10 heteroatoms. The summed E-state index contributed by atoms with van der Waals surface area (Å²) in [6.07, 6.45) is 0. The van der Waals surface area contributed by atoms with Crippen molar-refractivity contribution in [1.82, 2.24) is 0 Å². The third kappa shape index (κ3) is 4.97. The number of nitrogens with one attached hydrogen (secondary N) is 2. The highest BCUT2D eigenvalue weighted by Crippen LogP contribution is 2.23. The fraction of sp³-hybridized carbons (Fsp3) is 0.0952. The van der Waals surface area contributed by atoms with Gasteiger partial charge < -0.3 is 10.1 Å². The third-order valence-corrected chi connectivity index (χ3v) is 5.74. The summed E-state index contributed by atoms with van der Waals surface area (Å²) in [4.78, 5) is 12.4. The highest BCUT2D eigenvalue weighted by Gasteiger charge is 2.20. The monoisotopic (exact) mass is 450 g/mol. The zero-order valence-corrected chi connectivity index (χ0v) is 17.2. The Kier molecular flexibility index (Phi) is 6.21. The summed E-state index contributed by atoms with van der Waals surface area (Å²) in [5.74, 6) is -4.25. The van der Waals surface area contributed by atoms with E-state index in [1.54, 1.807) is 19.1 Å². The topological polar surface area (TPSA) is 84.5 Å². The standard InChI is InChI=1S/C21H17F3N2O4S/c1-12-3-8-15(31(28,29)26-13-4-6-14(30-2)7-5-13)9-16(12)21(27)25-20-11-18(23)17(22)10-19(20)24/h3-11,26H,1-2H3,(H,25,27). The van der Waals surface area contributed by atoms with Gasteiger partial charge in [0.15, 0.2) is 11.6 Å². The lowest BCUT2D eigenvalue weighted by Gasteiger charge is -2.12. The van der Waals surface area contributed by atoms with Crippen molar-refractivity contribution in [3.63, 3.8) is 0 Å². The summed E-state index contributed by atoms with van der Waals surface area (Å²) < 4.78 is 73.1. The number of aryl methyl sites for hydroxylation is 1. The van der Waals surface area contributed by atoms with Crippen LogP contribution in [0.5, 0.6) is 5.75 Å². The number of sulfonamides is 1. The van der Waals surface area contributed by atoms with Crippen LogP contribution in [0.1, 0.15) is 15.9 Å². The van der Waals surface area contributed by atoms with Crippen molar-refractivity contribution in [2.75, 3.05) is 17.1 Å². The number of anilines is 2. The molecule has 0 heterocycles. The molecule has 0 unspecified atom stereocenters. The van der Waals surface area contributed by atoms with E-state index in [-0.39, 0.29) is 16.1 Å². The molecule has 0 bridgehead atoms. The van der Waals surface area contributed by atoms with Crippen LogP contribution >= 0.6 is 0 Å². The summed E-state index contributed by atoms with van der Waals surface area (Å²) in [6, 6.07) is 10.8. The fourth-order valence-corrected chi connectivity index (χ4v) is 3.78. The molecule has 0 aliphatic heterocycles. The van der Waals surface area contributed by atoms with Gasteiger partial charge in [0.25, 0.3) is 15.9 Å². The fourth-order valence-electron chi connectivity index (χ4n) is 2.69. The molecule has 0 spiro atoms. The summed E-state index contributed by atoms with van der Waals surface area (Å²) in [5, 5.41) is 2.13. The van der Waals surface area contributed by atoms with Crippen LogP contribution in [0.2, 0.25) is 0 Å². The molecular formula is C21H17F3N2O4S. The number of ether oxygens (including phenoxy) is 1. The summed E-state index contributed by atoms with van der Waals surface area (Å²) in [5.41, 5.74) is 0.00906. The highest BCUT2D eigenvalue weighted by molar-refractivity contribution is 7.92. The quantitative estimate of drug-likeness (QED) is 0.543. The minimum atomic E-state index is -4.05. The number of methoxy groups -OCH3 is 1. The van der Waals surface area contributed by atoms with Gasteiger partial charge in [-0.1, -0.05) is 6.07 Å². The maximum absolute atomic E-state index is 13.8. The SMILES string of the molecule is COc1ccc(NS(=O)(=O)c2ccc(C)c(C(=O)Nc3cc(F)c(F)cc3F)c2)cc1. The summed E-state index contributed by atoms with van der Waals surface area (Å²) in [7, 11) is -2.58. The average Bonchev–Trinajstić information content (AvgIpc) is 2.72. The van der Waals surface area contributed by atoms with E-state index in [1.807, 2.05) is 0 Å². The van der Waals surface area contributed by atoms with E-state index in [9.17, 15) is 26.4 Å². The molecule has 0 saturated carbocycles. The van der Waals surface area contributed by atoms with Gasteiger partial charge in [0, 0.05) is 23.4 Å². The van der Waals surface area contributed by atoms with Crippen molar-refractivity contribution in [2.24, 2.45) is 0 Å². The van der Waals surface area contributed by atoms with Gasteiger partial charge in [0.05, 0.1) is 17.7 Å². The molecule has 31 heavy (non-hydrogen) atoms. The number of hydrogen-bond donors (Lipinski definition) is 2. The molecule has 0 atom stereocenters. The van der Waals surface area contributed by atoms with Gasteiger partial charge in [-0.25, -0.2) is 21.6 Å². The number of hydrogen-bond acceptors (Lipinski definition) is 4. The molecule has 0 aromatic heterocycles. The number of halogens is 3. The molecule has 2 N–H and O–H groups in total. The van der Waals surface area contributed by atoms with Crippen molar-refractivity contribution < 1.29 is 31.1 Å². The second kappa shape index (κ2) is 8.68. The van der Waals surface area contributed by atoms with Crippen LogP contribution in [-0.4, -0.2) is 21.4 Å². The number of amides is 1. The van der Waals surface area contributed by atoms with Gasteiger partial charge in [-0.2, -0.15) is 0 Å². The molecule has 0 aliphatic rings. The molecule has 3 rings (SSSR count). The molecule has 3 aromatic rings. The van der Waals surface area contributed by atoms with E-state index >= 15 is 0 Å². The number of benzene rings is 3. The smallest absolute Gasteiger partial charge is 0.261 e. The summed E-state index contributed by atoms with van der Waals surface area (Å²) in [6.45, 7) is 1.55. The Hall–Kier alpha value is -3.53. The second-order valence-corrected chi connectivity index (χ2v) is 8.19.